The molecule has 6 aromatic carbocycles. The predicted molar refractivity (Wildman–Crippen MR) is 181 cm³/mol. The number of hydrogen-bond donors (Lipinski definition) is 0. The summed E-state index contributed by atoms with van der Waals surface area (Å²) in [6, 6.07) is 57.1. The lowest BCUT2D eigenvalue weighted by Gasteiger charge is -2.28. The molecule has 0 amide bonds. The summed E-state index contributed by atoms with van der Waals surface area (Å²) >= 11 is 0. The molecule has 0 aliphatic heterocycles. The summed E-state index contributed by atoms with van der Waals surface area (Å²) in [5, 5.41) is 7.98. The summed E-state index contributed by atoms with van der Waals surface area (Å²) in [4.78, 5) is 0. The number of aryl methyl sites for hydroxylation is 1. The summed E-state index contributed by atoms with van der Waals surface area (Å²) < 4.78 is 6.18. The van der Waals surface area contributed by atoms with Crippen LogP contribution in [0.2, 0.25) is 0 Å². The maximum atomic E-state index is 6.18. The molecule has 0 fully saturated rings. The molecule has 0 atom stereocenters. The average Bonchev–Trinajstić information content (AvgIpc) is 3.04. The first-order valence-corrected chi connectivity index (χ1v) is 16.5. The first-order valence-electron chi connectivity index (χ1n) is 13.8. The highest BCUT2D eigenvalue weighted by atomic mass is 31.1. The van der Waals surface area contributed by atoms with Gasteiger partial charge in [0.15, 0.2) is 0 Å². The Bertz CT molecular complexity index is 1640. The van der Waals surface area contributed by atoms with Gasteiger partial charge in [0.1, 0.15) is 5.75 Å². The minimum atomic E-state index is -0.838. The fourth-order valence-electron chi connectivity index (χ4n) is 5.45. The van der Waals surface area contributed by atoms with Crippen molar-refractivity contribution in [3.8, 4) is 16.9 Å². The van der Waals surface area contributed by atoms with E-state index >= 15 is 0 Å². The van der Waals surface area contributed by atoms with Crippen LogP contribution in [0.25, 0.3) is 11.1 Å². The molecule has 1 nitrogen and oxygen atoms in total. The standard InChI is InChI=1S/C38H32OP2/c1-29-17-15-27-35(40(30-18-7-3-8-19-30)31-20-9-4-10-21-31)37(29)38-34(39-2)26-16-28-36(38)41(32-22-11-5-12-23-32)33-24-13-6-14-25-33/h3-28H,1-2H3. The van der Waals surface area contributed by atoms with Crippen molar-refractivity contribution in [2.45, 2.75) is 6.92 Å². The molecule has 6 rings (SSSR count). The smallest absolute Gasteiger partial charge is 0.127 e. The van der Waals surface area contributed by atoms with Crippen LogP contribution in [0.4, 0.5) is 0 Å². The van der Waals surface area contributed by atoms with Crippen LogP contribution in [0.1, 0.15) is 5.56 Å². The van der Waals surface area contributed by atoms with Crippen molar-refractivity contribution < 1.29 is 4.74 Å². The van der Waals surface area contributed by atoms with E-state index in [0.717, 1.165) is 5.75 Å². The zero-order valence-electron chi connectivity index (χ0n) is 23.3. The van der Waals surface area contributed by atoms with Crippen LogP contribution in [0.5, 0.6) is 5.75 Å². The molecule has 0 heterocycles. The summed E-state index contributed by atoms with van der Waals surface area (Å²) in [6.45, 7) is 2.24. The van der Waals surface area contributed by atoms with Gasteiger partial charge >= 0.3 is 0 Å². The lowest BCUT2D eigenvalue weighted by molar-refractivity contribution is 0.417. The van der Waals surface area contributed by atoms with Gasteiger partial charge in [0.05, 0.1) is 7.11 Å². The van der Waals surface area contributed by atoms with E-state index in [2.05, 4.69) is 165 Å². The second kappa shape index (κ2) is 12.7. The van der Waals surface area contributed by atoms with Gasteiger partial charge in [-0.1, -0.05) is 152 Å². The largest absolute Gasteiger partial charge is 0.496 e. The minimum Gasteiger partial charge on any atom is -0.496 e. The van der Waals surface area contributed by atoms with Gasteiger partial charge in [-0.05, 0) is 71.8 Å². The van der Waals surface area contributed by atoms with Crippen LogP contribution in [0, 0.1) is 6.92 Å². The predicted octanol–water partition coefficient (Wildman–Crippen LogP) is 7.19. The van der Waals surface area contributed by atoms with E-state index in [0.29, 0.717) is 0 Å². The van der Waals surface area contributed by atoms with Gasteiger partial charge in [-0.15, -0.1) is 0 Å². The Morgan fingerprint density at radius 3 is 1.15 bits per heavy atom. The Morgan fingerprint density at radius 2 is 0.756 bits per heavy atom. The molecule has 0 aliphatic carbocycles. The van der Waals surface area contributed by atoms with Gasteiger partial charge in [0, 0.05) is 5.56 Å². The number of methoxy groups -OCH3 is 1. The first-order chi connectivity index (χ1) is 20.3. The molecule has 3 heteroatoms. The lowest BCUT2D eigenvalue weighted by Crippen LogP contribution is -2.26. The number of rotatable bonds is 8. The first kappa shape index (κ1) is 27.2. The van der Waals surface area contributed by atoms with E-state index < -0.39 is 15.8 Å². The van der Waals surface area contributed by atoms with Crippen LogP contribution in [0.3, 0.4) is 0 Å². The van der Waals surface area contributed by atoms with Gasteiger partial charge in [-0.3, -0.25) is 0 Å². The normalized spacial score (nSPS) is 11.1. The van der Waals surface area contributed by atoms with Crippen LogP contribution < -0.4 is 36.6 Å². The van der Waals surface area contributed by atoms with E-state index in [1.54, 1.807) is 7.11 Å². The monoisotopic (exact) mass is 566 g/mol. The van der Waals surface area contributed by atoms with E-state index in [1.807, 2.05) is 0 Å². The van der Waals surface area contributed by atoms with Crippen molar-refractivity contribution in [2.24, 2.45) is 0 Å². The van der Waals surface area contributed by atoms with E-state index in [4.69, 9.17) is 4.74 Å². The average molecular weight is 567 g/mol. The Hall–Kier alpha value is -4.02. The summed E-state index contributed by atoms with van der Waals surface area (Å²) in [5.41, 5.74) is 3.73. The molecule has 0 aromatic heterocycles. The third-order valence-electron chi connectivity index (χ3n) is 7.26. The van der Waals surface area contributed by atoms with Crippen molar-refractivity contribution in [3.05, 3.63) is 163 Å². The molecule has 0 saturated heterocycles. The molecular weight excluding hydrogens is 534 g/mol. The highest BCUT2D eigenvalue weighted by Crippen LogP contribution is 2.44. The van der Waals surface area contributed by atoms with Crippen molar-refractivity contribution in [1.82, 2.24) is 0 Å². The van der Waals surface area contributed by atoms with E-state index in [1.165, 1.54) is 48.5 Å². The fourth-order valence-corrected chi connectivity index (χ4v) is 10.5. The molecule has 0 N–H and O–H groups in total. The molecule has 6 aromatic rings. The van der Waals surface area contributed by atoms with Gasteiger partial charge in [-0.2, -0.15) is 0 Å². The zero-order valence-corrected chi connectivity index (χ0v) is 25.1. The lowest BCUT2D eigenvalue weighted by atomic mass is 9.99. The summed E-state index contributed by atoms with van der Waals surface area (Å²) in [7, 11) is 0.146. The quantitative estimate of drug-likeness (QED) is 0.177. The van der Waals surface area contributed by atoms with Crippen molar-refractivity contribution >= 4 is 47.7 Å². The molecule has 0 unspecified atom stereocenters. The second-order valence-electron chi connectivity index (χ2n) is 9.84. The zero-order chi connectivity index (χ0) is 28.0. The number of hydrogen-bond acceptors (Lipinski definition) is 1. The summed E-state index contributed by atoms with van der Waals surface area (Å²) in [6.07, 6.45) is 0. The molecular formula is C38H32OP2. The SMILES string of the molecule is COc1cccc(P(c2ccccc2)c2ccccc2)c1-c1c(C)cccc1P(c1ccccc1)c1ccccc1. The highest BCUT2D eigenvalue weighted by molar-refractivity contribution is 7.80. The molecule has 0 spiro atoms. The second-order valence-corrected chi connectivity index (χ2v) is 14.2. The van der Waals surface area contributed by atoms with Crippen LogP contribution >= 0.6 is 15.8 Å². The van der Waals surface area contributed by atoms with Crippen LogP contribution in [-0.2, 0) is 0 Å². The van der Waals surface area contributed by atoms with Crippen molar-refractivity contribution in [2.75, 3.05) is 7.11 Å². The van der Waals surface area contributed by atoms with Crippen LogP contribution in [0.15, 0.2) is 158 Å². The van der Waals surface area contributed by atoms with Gasteiger partial charge in [0.25, 0.3) is 0 Å². The van der Waals surface area contributed by atoms with E-state index in [9.17, 15) is 0 Å². The van der Waals surface area contributed by atoms with Gasteiger partial charge in [-0.25, -0.2) is 0 Å². The molecule has 0 radical (unpaired) electrons. The number of benzene rings is 6. The van der Waals surface area contributed by atoms with E-state index in [-0.39, 0.29) is 0 Å². The van der Waals surface area contributed by atoms with Crippen molar-refractivity contribution in [3.63, 3.8) is 0 Å². The Labute approximate surface area is 246 Å². The Morgan fingerprint density at radius 1 is 0.390 bits per heavy atom. The highest BCUT2D eigenvalue weighted by Gasteiger charge is 2.28. The van der Waals surface area contributed by atoms with Crippen LogP contribution in [-0.4, -0.2) is 7.11 Å². The summed E-state index contributed by atoms with van der Waals surface area (Å²) in [5.74, 6) is 0.911. The Kier molecular flexibility index (Phi) is 8.39. The molecule has 41 heavy (non-hydrogen) atoms. The topological polar surface area (TPSA) is 9.23 Å². The number of ether oxygens (including phenoxy) is 1. The Balaban J connectivity index is 1.67. The molecule has 200 valence electrons. The molecule has 0 saturated carbocycles. The third-order valence-corrected chi connectivity index (χ3v) is 12.2. The van der Waals surface area contributed by atoms with Gasteiger partial charge in [0.2, 0.25) is 0 Å². The fraction of sp³-hybridized carbons (Fsp3) is 0.0526. The molecule has 0 bridgehead atoms. The van der Waals surface area contributed by atoms with Gasteiger partial charge < -0.3 is 4.74 Å². The molecule has 0 aliphatic rings. The maximum Gasteiger partial charge on any atom is 0.127 e. The minimum absolute atomic E-state index is 0.813. The maximum absolute atomic E-state index is 6.18. The third kappa shape index (κ3) is 5.62. The van der Waals surface area contributed by atoms with Crippen molar-refractivity contribution in [1.29, 1.82) is 0 Å².